The van der Waals surface area contributed by atoms with Gasteiger partial charge in [0, 0.05) is 25.3 Å². The third-order valence-corrected chi connectivity index (χ3v) is 5.03. The van der Waals surface area contributed by atoms with Crippen molar-refractivity contribution in [2.24, 2.45) is 0 Å². The van der Waals surface area contributed by atoms with E-state index in [4.69, 9.17) is 9.47 Å². The molecule has 0 atom stereocenters. The van der Waals surface area contributed by atoms with Crippen molar-refractivity contribution in [1.82, 2.24) is 5.32 Å². The minimum absolute atomic E-state index is 0.776. The maximum absolute atomic E-state index is 5.36. The van der Waals surface area contributed by atoms with Crippen molar-refractivity contribution in [3.05, 3.63) is 53.6 Å². The van der Waals surface area contributed by atoms with Crippen LogP contribution in [-0.4, -0.2) is 33.9 Å². The number of piperidine rings is 1. The molecule has 0 saturated carbocycles. The van der Waals surface area contributed by atoms with Gasteiger partial charge in [-0.15, -0.1) is 0 Å². The van der Waals surface area contributed by atoms with Gasteiger partial charge < -0.3 is 19.7 Å². The lowest BCUT2D eigenvalue weighted by Crippen LogP contribution is -2.29. The number of anilines is 1. The number of ether oxygens (including phenoxy) is 2. The highest BCUT2D eigenvalue weighted by molar-refractivity contribution is 5.48. The van der Waals surface area contributed by atoms with Gasteiger partial charge in [0.25, 0.3) is 0 Å². The molecule has 2 aromatic carbocycles. The van der Waals surface area contributed by atoms with Crippen molar-refractivity contribution in [2.45, 2.75) is 32.2 Å². The fraction of sp³-hybridized carbons (Fsp3) is 0.455. The molecule has 1 saturated heterocycles. The van der Waals surface area contributed by atoms with E-state index in [1.807, 2.05) is 12.1 Å². The van der Waals surface area contributed by atoms with E-state index < -0.39 is 0 Å². The van der Waals surface area contributed by atoms with Crippen molar-refractivity contribution in [2.75, 3.05) is 38.8 Å². The Hall–Kier alpha value is -2.20. The standard InChI is InChI=1S/C22H30N2O2/c1-25-21-11-8-18(16-22(21)26-2)12-13-23-17-19-6-9-20(10-7-19)24-14-4-3-5-15-24/h6-11,16,23H,3-5,12-15,17H2,1-2H3. The topological polar surface area (TPSA) is 33.7 Å². The van der Waals surface area contributed by atoms with Gasteiger partial charge in [0.15, 0.2) is 11.5 Å². The molecule has 2 aromatic rings. The summed E-state index contributed by atoms with van der Waals surface area (Å²) in [5, 5.41) is 3.53. The second-order valence-corrected chi connectivity index (χ2v) is 6.83. The van der Waals surface area contributed by atoms with Crippen LogP contribution < -0.4 is 19.7 Å². The molecule has 0 amide bonds. The van der Waals surface area contributed by atoms with E-state index in [1.54, 1.807) is 14.2 Å². The predicted molar refractivity (Wildman–Crippen MR) is 107 cm³/mol. The van der Waals surface area contributed by atoms with Crippen molar-refractivity contribution >= 4 is 5.69 Å². The second kappa shape index (κ2) is 9.48. The van der Waals surface area contributed by atoms with Gasteiger partial charge in [0.05, 0.1) is 14.2 Å². The average molecular weight is 354 g/mol. The quantitative estimate of drug-likeness (QED) is 0.726. The molecule has 4 heteroatoms. The van der Waals surface area contributed by atoms with Crippen molar-refractivity contribution in [1.29, 1.82) is 0 Å². The molecular formula is C22H30N2O2. The van der Waals surface area contributed by atoms with Gasteiger partial charge in [-0.05, 0) is 67.6 Å². The van der Waals surface area contributed by atoms with Crippen LogP contribution in [0.4, 0.5) is 5.69 Å². The second-order valence-electron chi connectivity index (χ2n) is 6.83. The lowest BCUT2D eigenvalue weighted by Gasteiger charge is -2.28. The first-order valence-corrected chi connectivity index (χ1v) is 9.55. The highest BCUT2D eigenvalue weighted by Crippen LogP contribution is 2.27. The molecular weight excluding hydrogens is 324 g/mol. The van der Waals surface area contributed by atoms with Gasteiger partial charge in [-0.1, -0.05) is 18.2 Å². The zero-order valence-electron chi connectivity index (χ0n) is 16.0. The van der Waals surface area contributed by atoms with Gasteiger partial charge in [-0.25, -0.2) is 0 Å². The van der Waals surface area contributed by atoms with Crippen LogP contribution in [0, 0.1) is 0 Å². The Balaban J connectivity index is 1.44. The number of hydrogen-bond acceptors (Lipinski definition) is 4. The first-order chi connectivity index (χ1) is 12.8. The molecule has 1 heterocycles. The molecule has 1 fully saturated rings. The van der Waals surface area contributed by atoms with Crippen LogP contribution in [0.3, 0.4) is 0 Å². The van der Waals surface area contributed by atoms with E-state index in [9.17, 15) is 0 Å². The highest BCUT2D eigenvalue weighted by atomic mass is 16.5. The van der Waals surface area contributed by atoms with Crippen molar-refractivity contribution in [3.63, 3.8) is 0 Å². The van der Waals surface area contributed by atoms with E-state index in [0.29, 0.717) is 0 Å². The molecule has 3 rings (SSSR count). The summed E-state index contributed by atoms with van der Waals surface area (Å²) in [6, 6.07) is 15.1. The SMILES string of the molecule is COc1ccc(CCNCc2ccc(N3CCCCC3)cc2)cc1OC. The van der Waals surface area contributed by atoms with Crippen LogP contribution in [0.2, 0.25) is 0 Å². The van der Waals surface area contributed by atoms with Gasteiger partial charge >= 0.3 is 0 Å². The summed E-state index contributed by atoms with van der Waals surface area (Å²) in [6.07, 6.45) is 4.98. The first-order valence-electron chi connectivity index (χ1n) is 9.55. The normalized spacial score (nSPS) is 14.3. The lowest BCUT2D eigenvalue weighted by molar-refractivity contribution is 0.354. The molecule has 1 aliphatic rings. The summed E-state index contributed by atoms with van der Waals surface area (Å²) < 4.78 is 10.6. The molecule has 140 valence electrons. The summed E-state index contributed by atoms with van der Waals surface area (Å²) in [5.41, 5.74) is 3.94. The van der Waals surface area contributed by atoms with Gasteiger partial charge in [0.1, 0.15) is 0 Å². The number of hydrogen-bond donors (Lipinski definition) is 1. The molecule has 0 bridgehead atoms. The Morgan fingerprint density at radius 3 is 2.23 bits per heavy atom. The molecule has 0 radical (unpaired) electrons. The Morgan fingerprint density at radius 2 is 1.54 bits per heavy atom. The van der Waals surface area contributed by atoms with Gasteiger partial charge in [-0.2, -0.15) is 0 Å². The van der Waals surface area contributed by atoms with E-state index in [-0.39, 0.29) is 0 Å². The largest absolute Gasteiger partial charge is 0.493 e. The Labute approximate surface area is 157 Å². The summed E-state index contributed by atoms with van der Waals surface area (Å²) >= 11 is 0. The van der Waals surface area contributed by atoms with Gasteiger partial charge in [-0.3, -0.25) is 0 Å². The van der Waals surface area contributed by atoms with Crippen LogP contribution in [-0.2, 0) is 13.0 Å². The minimum Gasteiger partial charge on any atom is -0.493 e. The predicted octanol–water partition coefficient (Wildman–Crippen LogP) is 4.03. The number of rotatable bonds is 8. The number of methoxy groups -OCH3 is 2. The maximum atomic E-state index is 5.36. The minimum atomic E-state index is 0.776. The summed E-state index contributed by atoms with van der Waals surface area (Å²) in [6.45, 7) is 4.22. The first kappa shape index (κ1) is 18.6. The molecule has 0 aromatic heterocycles. The van der Waals surface area contributed by atoms with Crippen molar-refractivity contribution < 1.29 is 9.47 Å². The maximum Gasteiger partial charge on any atom is 0.160 e. The molecule has 26 heavy (non-hydrogen) atoms. The Bertz CT molecular complexity index is 679. The monoisotopic (exact) mass is 354 g/mol. The fourth-order valence-corrected chi connectivity index (χ4v) is 3.48. The summed E-state index contributed by atoms with van der Waals surface area (Å²) in [7, 11) is 3.34. The molecule has 0 aliphatic carbocycles. The van der Waals surface area contributed by atoms with Crippen LogP contribution in [0.25, 0.3) is 0 Å². The molecule has 0 spiro atoms. The summed E-state index contributed by atoms with van der Waals surface area (Å²) in [4.78, 5) is 2.50. The van der Waals surface area contributed by atoms with E-state index in [2.05, 4.69) is 40.5 Å². The van der Waals surface area contributed by atoms with Crippen LogP contribution >= 0.6 is 0 Å². The Morgan fingerprint density at radius 1 is 0.846 bits per heavy atom. The molecule has 4 nitrogen and oxygen atoms in total. The summed E-state index contributed by atoms with van der Waals surface area (Å²) in [5.74, 6) is 1.57. The van der Waals surface area contributed by atoms with Crippen molar-refractivity contribution in [3.8, 4) is 11.5 Å². The lowest BCUT2D eigenvalue weighted by atomic mass is 10.1. The Kier molecular flexibility index (Phi) is 6.78. The van der Waals surface area contributed by atoms with Crippen LogP contribution in [0.1, 0.15) is 30.4 Å². The van der Waals surface area contributed by atoms with Gasteiger partial charge in [0.2, 0.25) is 0 Å². The average Bonchev–Trinajstić information content (AvgIpc) is 2.72. The number of benzene rings is 2. The number of nitrogens with one attached hydrogen (secondary N) is 1. The zero-order valence-corrected chi connectivity index (χ0v) is 16.0. The number of nitrogens with zero attached hydrogens (tertiary/aromatic N) is 1. The highest BCUT2D eigenvalue weighted by Gasteiger charge is 2.10. The van der Waals surface area contributed by atoms with Crippen LogP contribution in [0.5, 0.6) is 11.5 Å². The van der Waals surface area contributed by atoms with E-state index >= 15 is 0 Å². The van der Waals surface area contributed by atoms with Crippen LogP contribution in [0.15, 0.2) is 42.5 Å². The fourth-order valence-electron chi connectivity index (χ4n) is 3.48. The third kappa shape index (κ3) is 4.92. The molecule has 0 unspecified atom stereocenters. The molecule has 1 N–H and O–H groups in total. The third-order valence-electron chi connectivity index (χ3n) is 5.03. The smallest absolute Gasteiger partial charge is 0.160 e. The van der Waals surface area contributed by atoms with E-state index in [1.165, 1.54) is 49.2 Å². The molecule has 1 aliphatic heterocycles. The van der Waals surface area contributed by atoms with E-state index in [0.717, 1.165) is 31.0 Å². The zero-order chi connectivity index (χ0) is 18.2.